The molecule has 0 unspecified atom stereocenters. The summed E-state index contributed by atoms with van der Waals surface area (Å²) in [5.74, 6) is 1.16. The fraction of sp³-hybridized carbons (Fsp3) is 0.265. The van der Waals surface area contributed by atoms with Crippen LogP contribution in [-0.2, 0) is 13.2 Å². The van der Waals surface area contributed by atoms with E-state index in [-0.39, 0.29) is 12.7 Å². The standard InChI is InChI=1S/C34H32ClN5O3/c1-19-12-22(18-41)14-30-31(19)43-34(36-30)28-9-5-7-26(21(28)3)25-6-4-8-27(20(25)2)32-37-33-29(35)13-23(16-40(33)38-32)15-39-11-10-24(42)17-39/h4-9,12-14,16,24,41-42H,10-11,15,17-18H2,1-3H3/t24-/m1/s1. The van der Waals surface area contributed by atoms with Crippen molar-refractivity contribution in [2.24, 2.45) is 0 Å². The van der Waals surface area contributed by atoms with E-state index in [1.807, 2.05) is 55.6 Å². The van der Waals surface area contributed by atoms with Crippen LogP contribution >= 0.6 is 11.6 Å². The average Bonchev–Trinajstić information content (AvgIpc) is 3.72. The summed E-state index contributed by atoms with van der Waals surface area (Å²) in [6.45, 7) is 8.34. The SMILES string of the molecule is Cc1c(-c2nc3c(Cl)cc(CN4CC[C@@H](O)C4)cn3n2)cccc1-c1cccc(-c2nc3cc(CO)cc(C)c3o2)c1C. The molecule has 1 saturated heterocycles. The lowest BCUT2D eigenvalue weighted by atomic mass is 9.91. The highest BCUT2D eigenvalue weighted by Crippen LogP contribution is 2.37. The first-order valence-electron chi connectivity index (χ1n) is 14.5. The normalized spacial score (nSPS) is 15.7. The molecule has 0 radical (unpaired) electrons. The molecule has 6 aromatic rings. The van der Waals surface area contributed by atoms with Gasteiger partial charge in [-0.15, -0.1) is 5.10 Å². The van der Waals surface area contributed by atoms with Crippen LogP contribution in [0.4, 0.5) is 0 Å². The van der Waals surface area contributed by atoms with Crippen LogP contribution in [0.15, 0.2) is 65.2 Å². The molecule has 0 amide bonds. The van der Waals surface area contributed by atoms with E-state index in [9.17, 15) is 10.2 Å². The number of likely N-dealkylation sites (tertiary alicyclic amines) is 1. The van der Waals surface area contributed by atoms with Crippen molar-refractivity contribution in [3.8, 4) is 34.0 Å². The summed E-state index contributed by atoms with van der Waals surface area (Å²) in [4.78, 5) is 11.8. The number of hydrogen-bond acceptors (Lipinski definition) is 7. The molecule has 0 bridgehead atoms. The van der Waals surface area contributed by atoms with Crippen LogP contribution in [0.5, 0.6) is 0 Å². The quantitative estimate of drug-likeness (QED) is 0.227. The maximum atomic E-state index is 9.90. The molecule has 218 valence electrons. The van der Waals surface area contributed by atoms with Crippen LogP contribution in [0.2, 0.25) is 5.02 Å². The minimum atomic E-state index is -0.268. The Labute approximate surface area is 254 Å². The molecule has 1 aliphatic rings. The lowest BCUT2D eigenvalue weighted by Gasteiger charge is -2.15. The Morgan fingerprint density at radius 3 is 2.37 bits per heavy atom. The predicted octanol–water partition coefficient (Wildman–Crippen LogP) is 6.51. The summed E-state index contributed by atoms with van der Waals surface area (Å²) < 4.78 is 8.00. The number of rotatable bonds is 6. The Bertz CT molecular complexity index is 2010. The third kappa shape index (κ3) is 5.00. The fourth-order valence-electron chi connectivity index (χ4n) is 6.22. The van der Waals surface area contributed by atoms with Crippen molar-refractivity contribution >= 4 is 28.3 Å². The van der Waals surface area contributed by atoms with Crippen LogP contribution in [-0.4, -0.2) is 53.9 Å². The number of β-amino-alcohol motifs (C(OH)–C–C–N with tert-alkyl or cyclic N) is 1. The summed E-state index contributed by atoms with van der Waals surface area (Å²) >= 11 is 6.68. The number of aromatic nitrogens is 4. The largest absolute Gasteiger partial charge is 0.436 e. The van der Waals surface area contributed by atoms with Crippen LogP contribution in [0.3, 0.4) is 0 Å². The molecule has 43 heavy (non-hydrogen) atoms. The summed E-state index contributed by atoms with van der Waals surface area (Å²) in [6, 6.07) is 18.1. The van der Waals surface area contributed by atoms with E-state index in [1.54, 1.807) is 4.52 Å². The first kappa shape index (κ1) is 27.7. The second-order valence-electron chi connectivity index (χ2n) is 11.5. The van der Waals surface area contributed by atoms with Gasteiger partial charge >= 0.3 is 0 Å². The zero-order valence-corrected chi connectivity index (χ0v) is 25.1. The Balaban J connectivity index is 1.25. The van der Waals surface area contributed by atoms with E-state index in [1.165, 1.54) is 0 Å². The second kappa shape index (κ2) is 10.9. The van der Waals surface area contributed by atoms with Crippen molar-refractivity contribution in [1.82, 2.24) is 24.5 Å². The third-order valence-electron chi connectivity index (χ3n) is 8.45. The van der Waals surface area contributed by atoms with E-state index in [0.717, 1.165) is 74.1 Å². The van der Waals surface area contributed by atoms with Crippen molar-refractivity contribution in [2.75, 3.05) is 13.1 Å². The Morgan fingerprint density at radius 1 is 0.930 bits per heavy atom. The molecule has 1 fully saturated rings. The number of aryl methyl sites for hydroxylation is 1. The number of oxazole rings is 1. The van der Waals surface area contributed by atoms with Gasteiger partial charge in [0.2, 0.25) is 5.89 Å². The maximum Gasteiger partial charge on any atom is 0.227 e. The molecule has 0 spiro atoms. The molecule has 1 aliphatic heterocycles. The van der Waals surface area contributed by atoms with E-state index in [4.69, 9.17) is 31.1 Å². The molecule has 8 nitrogen and oxygen atoms in total. The van der Waals surface area contributed by atoms with Gasteiger partial charge in [0, 0.05) is 37.0 Å². The van der Waals surface area contributed by atoms with Crippen molar-refractivity contribution < 1.29 is 14.6 Å². The Kier molecular flexibility index (Phi) is 7.02. The summed E-state index contributed by atoms with van der Waals surface area (Å²) in [5.41, 5.74) is 11.0. The van der Waals surface area contributed by atoms with Crippen molar-refractivity contribution in [1.29, 1.82) is 0 Å². The molecule has 7 rings (SSSR count). The van der Waals surface area contributed by atoms with Gasteiger partial charge in [0.1, 0.15) is 5.52 Å². The minimum Gasteiger partial charge on any atom is -0.436 e. The molecule has 0 aliphatic carbocycles. The number of aliphatic hydroxyl groups is 2. The van der Waals surface area contributed by atoms with Crippen LogP contribution in [0, 0.1) is 20.8 Å². The number of hydrogen-bond donors (Lipinski definition) is 2. The highest BCUT2D eigenvalue weighted by molar-refractivity contribution is 6.33. The zero-order chi connectivity index (χ0) is 29.8. The lowest BCUT2D eigenvalue weighted by molar-refractivity contribution is 0.174. The van der Waals surface area contributed by atoms with E-state index >= 15 is 0 Å². The van der Waals surface area contributed by atoms with Crippen molar-refractivity contribution in [2.45, 2.75) is 46.4 Å². The molecule has 0 saturated carbocycles. The zero-order valence-electron chi connectivity index (χ0n) is 24.3. The topological polar surface area (TPSA) is 99.9 Å². The van der Waals surface area contributed by atoms with Gasteiger partial charge in [0.05, 0.1) is 17.7 Å². The molecule has 3 aromatic heterocycles. The molecule has 2 N–H and O–H groups in total. The van der Waals surface area contributed by atoms with Gasteiger partial charge in [0.15, 0.2) is 17.1 Å². The van der Waals surface area contributed by atoms with Crippen LogP contribution in [0.1, 0.15) is 34.2 Å². The van der Waals surface area contributed by atoms with Crippen LogP contribution < -0.4 is 0 Å². The number of aliphatic hydroxyl groups excluding tert-OH is 2. The summed E-state index contributed by atoms with van der Waals surface area (Å²) in [7, 11) is 0. The summed E-state index contributed by atoms with van der Waals surface area (Å²) in [6.07, 6.45) is 2.50. The number of benzene rings is 3. The van der Waals surface area contributed by atoms with Crippen molar-refractivity contribution in [3.63, 3.8) is 0 Å². The van der Waals surface area contributed by atoms with Gasteiger partial charge in [-0.25, -0.2) is 14.5 Å². The van der Waals surface area contributed by atoms with Crippen molar-refractivity contribution in [3.05, 3.63) is 93.6 Å². The molecule has 3 aromatic carbocycles. The first-order valence-corrected chi connectivity index (χ1v) is 14.8. The van der Waals surface area contributed by atoms with Gasteiger partial charge in [-0.05, 0) is 90.4 Å². The molecular formula is C34H32ClN5O3. The number of halogens is 1. The third-order valence-corrected chi connectivity index (χ3v) is 8.72. The van der Waals surface area contributed by atoms with E-state index < -0.39 is 0 Å². The molecule has 4 heterocycles. The van der Waals surface area contributed by atoms with Gasteiger partial charge in [-0.3, -0.25) is 4.90 Å². The average molecular weight is 594 g/mol. The van der Waals surface area contributed by atoms with Gasteiger partial charge < -0.3 is 14.6 Å². The van der Waals surface area contributed by atoms with Gasteiger partial charge in [-0.2, -0.15) is 0 Å². The van der Waals surface area contributed by atoms with Crippen LogP contribution in [0.25, 0.3) is 50.7 Å². The number of fused-ring (bicyclic) bond motifs is 2. The first-order chi connectivity index (χ1) is 20.8. The maximum absolute atomic E-state index is 9.90. The second-order valence-corrected chi connectivity index (χ2v) is 11.9. The molecule has 9 heteroatoms. The number of pyridine rings is 1. The predicted molar refractivity (Wildman–Crippen MR) is 168 cm³/mol. The number of nitrogens with zero attached hydrogens (tertiary/aromatic N) is 5. The highest BCUT2D eigenvalue weighted by Gasteiger charge is 2.22. The Morgan fingerprint density at radius 2 is 1.65 bits per heavy atom. The molecule has 1 atom stereocenters. The van der Waals surface area contributed by atoms with E-state index in [2.05, 4.69) is 30.9 Å². The highest BCUT2D eigenvalue weighted by atomic mass is 35.5. The van der Waals surface area contributed by atoms with Gasteiger partial charge in [-0.1, -0.05) is 41.9 Å². The fourth-order valence-corrected chi connectivity index (χ4v) is 6.49. The summed E-state index contributed by atoms with van der Waals surface area (Å²) in [5, 5.41) is 24.9. The lowest BCUT2D eigenvalue weighted by Crippen LogP contribution is -2.21. The smallest absolute Gasteiger partial charge is 0.227 e. The van der Waals surface area contributed by atoms with E-state index in [0.29, 0.717) is 35.5 Å². The minimum absolute atomic E-state index is 0.0404. The Hall–Kier alpha value is -4.08. The van der Waals surface area contributed by atoms with Gasteiger partial charge in [0.25, 0.3) is 0 Å². The monoisotopic (exact) mass is 593 g/mol. The molecular weight excluding hydrogens is 562 g/mol.